The van der Waals surface area contributed by atoms with Crippen LogP contribution in [0.25, 0.3) is 0 Å². The Morgan fingerprint density at radius 1 is 1.34 bits per heavy atom. The molecule has 0 bridgehead atoms. The largest absolute Gasteiger partial charge is 0.522 e. The molecule has 0 N–H and O–H groups in total. The molecule has 2 aliphatic rings. The fourth-order valence-electron chi connectivity index (χ4n) is 3.81. The van der Waals surface area contributed by atoms with Crippen LogP contribution < -0.4 is 9.47 Å². The topological polar surface area (TPSA) is 79.4 Å². The Labute approximate surface area is 185 Å². The third kappa shape index (κ3) is 4.68. The van der Waals surface area contributed by atoms with Gasteiger partial charge >= 0.3 is 6.36 Å². The Bertz CT molecular complexity index is 942. The summed E-state index contributed by atoms with van der Waals surface area (Å²) in [5.74, 6) is 0.222. The monoisotopic (exact) mass is 474 g/mol. The quantitative estimate of drug-likeness (QED) is 0.571. The van der Waals surface area contributed by atoms with Crippen molar-refractivity contribution in [2.24, 2.45) is 0 Å². The lowest BCUT2D eigenvalue weighted by Gasteiger charge is -2.40. The van der Waals surface area contributed by atoms with Gasteiger partial charge < -0.3 is 23.8 Å². The summed E-state index contributed by atoms with van der Waals surface area (Å²) >= 11 is 1.50. The summed E-state index contributed by atoms with van der Waals surface area (Å²) in [5.41, 5.74) is -0.278. The molecule has 2 aliphatic heterocycles. The first-order valence-electron chi connectivity index (χ1n) is 9.79. The molecule has 0 spiro atoms. The highest BCUT2D eigenvalue weighted by molar-refractivity contribution is 7.09. The van der Waals surface area contributed by atoms with Crippen molar-refractivity contribution in [2.45, 2.75) is 24.5 Å². The molecule has 2 atom stereocenters. The number of hydrogen-bond acceptors (Lipinski definition) is 8. The minimum atomic E-state index is -4.72. The van der Waals surface area contributed by atoms with E-state index in [1.54, 1.807) is 17.2 Å². The molecule has 8 nitrogen and oxygen atoms in total. The maximum atomic E-state index is 13.1. The lowest BCUT2D eigenvalue weighted by atomic mass is 9.89. The number of halogens is 3. The molecule has 1 aromatic heterocycles. The molecule has 2 saturated heterocycles. The molecule has 1 amide bonds. The van der Waals surface area contributed by atoms with E-state index in [-0.39, 0.29) is 36.9 Å². The van der Waals surface area contributed by atoms with Gasteiger partial charge in [-0.3, -0.25) is 9.53 Å². The van der Waals surface area contributed by atoms with E-state index in [0.717, 1.165) is 5.01 Å². The highest BCUT2D eigenvalue weighted by Gasteiger charge is 2.52. The van der Waals surface area contributed by atoms with Crippen molar-refractivity contribution >= 4 is 17.2 Å². The number of carbonyl (C=O) groups is 1. The van der Waals surface area contributed by atoms with Crippen LogP contribution >= 0.6 is 11.3 Å². The molecule has 0 saturated carbocycles. The number of hydrogen-bond donors (Lipinski definition) is 0. The van der Waals surface area contributed by atoms with E-state index in [4.69, 9.17) is 18.9 Å². The molecule has 1 unspecified atom stereocenters. The van der Waals surface area contributed by atoms with E-state index in [0.29, 0.717) is 25.1 Å². The van der Waals surface area contributed by atoms with Crippen LogP contribution in [0.15, 0.2) is 29.8 Å². The Hall–Kier alpha value is -2.41. The summed E-state index contributed by atoms with van der Waals surface area (Å²) in [6, 6.07) is 4.52. The van der Waals surface area contributed by atoms with Gasteiger partial charge in [0, 0.05) is 30.1 Å². The molecule has 3 heterocycles. The summed E-state index contributed by atoms with van der Waals surface area (Å²) in [6.07, 6.45) is -2.78. The van der Waals surface area contributed by atoms with Crippen LogP contribution in [-0.2, 0) is 19.8 Å². The van der Waals surface area contributed by atoms with Crippen LogP contribution in [0.2, 0.25) is 0 Å². The molecule has 32 heavy (non-hydrogen) atoms. The number of amides is 1. The molecular formula is C20H21F3N2O6S. The molecular weight excluding hydrogens is 453 g/mol. The average molecular weight is 474 g/mol. The Morgan fingerprint density at radius 2 is 2.19 bits per heavy atom. The zero-order valence-corrected chi connectivity index (χ0v) is 17.9. The van der Waals surface area contributed by atoms with Gasteiger partial charge in [-0.2, -0.15) is 0 Å². The van der Waals surface area contributed by atoms with Crippen molar-refractivity contribution in [1.82, 2.24) is 9.88 Å². The summed E-state index contributed by atoms with van der Waals surface area (Å²) in [6.45, 7) is -0.0515. The molecule has 0 aliphatic carbocycles. The average Bonchev–Trinajstić information content (AvgIpc) is 3.45. The van der Waals surface area contributed by atoms with E-state index < -0.39 is 18.6 Å². The number of aromatic nitrogens is 1. The molecule has 4 rings (SSSR count). The van der Waals surface area contributed by atoms with Crippen molar-refractivity contribution in [3.05, 3.63) is 40.3 Å². The van der Waals surface area contributed by atoms with E-state index in [1.807, 2.05) is 5.38 Å². The van der Waals surface area contributed by atoms with Gasteiger partial charge in [0.05, 0.1) is 20.3 Å². The van der Waals surface area contributed by atoms with Crippen molar-refractivity contribution in [1.29, 1.82) is 0 Å². The smallest absolute Gasteiger partial charge is 0.493 e. The molecule has 1 aromatic carbocycles. The number of alkyl halides is 3. The van der Waals surface area contributed by atoms with Gasteiger partial charge in [0.15, 0.2) is 17.1 Å². The van der Waals surface area contributed by atoms with Gasteiger partial charge in [-0.15, -0.1) is 24.5 Å². The number of rotatable bonds is 7. The SMILES string of the molecule is COc1cc(C(=O)N2CC[C@]3(c4nccs4)OCOC3C2)ccc1OCCOC(F)(F)F. The fourth-order valence-corrected chi connectivity index (χ4v) is 4.67. The van der Waals surface area contributed by atoms with Crippen LogP contribution in [0.5, 0.6) is 11.5 Å². The number of likely N-dealkylation sites (tertiary alicyclic amines) is 1. The van der Waals surface area contributed by atoms with Gasteiger partial charge in [-0.1, -0.05) is 0 Å². The molecule has 174 valence electrons. The van der Waals surface area contributed by atoms with Crippen molar-refractivity contribution < 1.29 is 41.7 Å². The zero-order chi connectivity index (χ0) is 22.8. The van der Waals surface area contributed by atoms with Crippen molar-refractivity contribution in [3.63, 3.8) is 0 Å². The number of ether oxygens (including phenoxy) is 5. The fraction of sp³-hybridized carbons (Fsp3) is 0.500. The summed E-state index contributed by atoms with van der Waals surface area (Å²) in [4.78, 5) is 19.2. The molecule has 2 aromatic rings. The van der Waals surface area contributed by atoms with E-state index in [9.17, 15) is 18.0 Å². The molecule has 2 fully saturated rings. The first-order valence-corrected chi connectivity index (χ1v) is 10.7. The predicted molar refractivity (Wildman–Crippen MR) is 106 cm³/mol. The van der Waals surface area contributed by atoms with Crippen LogP contribution in [-0.4, -0.2) is 68.5 Å². The van der Waals surface area contributed by atoms with Gasteiger partial charge in [0.2, 0.25) is 0 Å². The molecule has 12 heteroatoms. The van der Waals surface area contributed by atoms with Crippen molar-refractivity contribution in [3.8, 4) is 11.5 Å². The number of methoxy groups -OCH3 is 1. The summed E-state index contributed by atoms with van der Waals surface area (Å²) < 4.78 is 62.1. The minimum absolute atomic E-state index is 0.143. The molecule has 0 radical (unpaired) electrons. The van der Waals surface area contributed by atoms with Gasteiger partial charge in [0.1, 0.15) is 24.5 Å². The maximum absolute atomic E-state index is 13.1. The normalized spacial score (nSPS) is 23.1. The van der Waals surface area contributed by atoms with E-state index in [1.165, 1.54) is 30.6 Å². The predicted octanol–water partition coefficient (Wildman–Crippen LogP) is 3.18. The van der Waals surface area contributed by atoms with Crippen LogP contribution in [0.4, 0.5) is 13.2 Å². The summed E-state index contributed by atoms with van der Waals surface area (Å²) in [5, 5.41) is 2.72. The Morgan fingerprint density at radius 3 is 2.91 bits per heavy atom. The number of fused-ring (bicyclic) bond motifs is 1. The third-order valence-electron chi connectivity index (χ3n) is 5.34. The highest BCUT2D eigenvalue weighted by atomic mass is 32.1. The first-order chi connectivity index (χ1) is 15.3. The number of benzene rings is 1. The van der Waals surface area contributed by atoms with Gasteiger partial charge in [-0.05, 0) is 18.2 Å². The van der Waals surface area contributed by atoms with Crippen LogP contribution in [0.1, 0.15) is 21.8 Å². The van der Waals surface area contributed by atoms with E-state index in [2.05, 4.69) is 9.72 Å². The summed E-state index contributed by atoms with van der Waals surface area (Å²) in [7, 11) is 1.38. The lowest BCUT2D eigenvalue weighted by molar-refractivity contribution is -0.325. The number of thiazole rings is 1. The standard InChI is InChI=1S/C20H21F3N2O6S/c1-27-15-10-13(2-3-14(15)28-7-8-30-20(21,22)23)17(26)25-6-4-19(18-24-5-9-32-18)16(11-25)29-12-31-19/h2-3,5,9-10,16H,4,6-8,11-12H2,1H3/t16?,19-/m0/s1. The Balaban J connectivity index is 1.41. The third-order valence-corrected chi connectivity index (χ3v) is 6.28. The number of nitrogens with zero attached hydrogens (tertiary/aromatic N) is 2. The lowest BCUT2D eigenvalue weighted by Crippen LogP contribution is -2.53. The van der Waals surface area contributed by atoms with Gasteiger partial charge in [-0.25, -0.2) is 4.98 Å². The zero-order valence-electron chi connectivity index (χ0n) is 17.1. The van der Waals surface area contributed by atoms with Crippen LogP contribution in [0, 0.1) is 0 Å². The maximum Gasteiger partial charge on any atom is 0.522 e. The minimum Gasteiger partial charge on any atom is -0.493 e. The number of carbonyl (C=O) groups excluding carboxylic acids is 1. The second-order valence-electron chi connectivity index (χ2n) is 7.15. The van der Waals surface area contributed by atoms with E-state index >= 15 is 0 Å². The second kappa shape index (κ2) is 9.22. The highest BCUT2D eigenvalue weighted by Crippen LogP contribution is 2.43. The van der Waals surface area contributed by atoms with Crippen molar-refractivity contribution in [2.75, 3.05) is 40.2 Å². The van der Waals surface area contributed by atoms with Gasteiger partial charge in [0.25, 0.3) is 5.91 Å². The number of piperidine rings is 1. The second-order valence-corrected chi connectivity index (χ2v) is 8.05. The first kappa shape index (κ1) is 22.8. The Kier molecular flexibility index (Phi) is 6.56. The van der Waals surface area contributed by atoms with Crippen LogP contribution in [0.3, 0.4) is 0 Å².